The third-order valence-corrected chi connectivity index (χ3v) is 4.48. The topological polar surface area (TPSA) is 49.4 Å². The summed E-state index contributed by atoms with van der Waals surface area (Å²) < 4.78 is 25.0. The van der Waals surface area contributed by atoms with Gasteiger partial charge in [-0.2, -0.15) is 0 Å². The van der Waals surface area contributed by atoms with Crippen molar-refractivity contribution in [2.45, 2.75) is 26.7 Å². The predicted octanol–water partition coefficient (Wildman–Crippen LogP) is 2.79. The first-order valence-electron chi connectivity index (χ1n) is 6.71. The number of hydrogen-bond acceptors (Lipinski definition) is 3. The molecule has 6 heteroatoms. The Bertz CT molecular complexity index is 626. The van der Waals surface area contributed by atoms with Crippen LogP contribution in [0.4, 0.5) is 11.4 Å². The van der Waals surface area contributed by atoms with Gasteiger partial charge in [0, 0.05) is 24.3 Å². The normalized spacial score (nSPS) is 16.1. The molecule has 0 amide bonds. The number of thiocarbonyl (C=S) groups is 1. The van der Waals surface area contributed by atoms with Crippen LogP contribution < -0.4 is 9.62 Å². The Balaban J connectivity index is 2.25. The number of hydrogen-bond donors (Lipinski definition) is 1. The van der Waals surface area contributed by atoms with E-state index in [1.165, 1.54) is 0 Å². The fraction of sp³-hybridized carbons (Fsp3) is 0.500. The second-order valence-corrected chi connectivity index (χ2v) is 7.63. The van der Waals surface area contributed by atoms with Gasteiger partial charge in [0.1, 0.15) is 0 Å². The first-order chi connectivity index (χ1) is 9.30. The van der Waals surface area contributed by atoms with Crippen molar-refractivity contribution >= 4 is 38.6 Å². The number of nitrogens with zero attached hydrogens (tertiary/aromatic N) is 1. The average molecular weight is 312 g/mol. The van der Waals surface area contributed by atoms with Crippen molar-refractivity contribution in [2.24, 2.45) is 5.92 Å². The van der Waals surface area contributed by atoms with Crippen molar-refractivity contribution < 1.29 is 8.42 Å². The molecule has 4 nitrogen and oxygen atoms in total. The molecule has 2 rings (SSSR count). The van der Waals surface area contributed by atoms with E-state index in [1.54, 1.807) is 6.07 Å². The van der Waals surface area contributed by atoms with E-state index >= 15 is 0 Å². The van der Waals surface area contributed by atoms with Gasteiger partial charge in [-0.1, -0.05) is 32.5 Å². The molecule has 1 atom stereocenters. The summed E-state index contributed by atoms with van der Waals surface area (Å²) in [5, 5.41) is 0. The minimum absolute atomic E-state index is 0.577. The zero-order valence-electron chi connectivity index (χ0n) is 12.0. The Labute approximate surface area is 126 Å². The second-order valence-electron chi connectivity index (χ2n) is 5.41. The van der Waals surface area contributed by atoms with Gasteiger partial charge in [-0.3, -0.25) is 4.72 Å². The summed E-state index contributed by atoms with van der Waals surface area (Å²) in [6, 6.07) is 5.61. The lowest BCUT2D eigenvalue weighted by Gasteiger charge is -2.23. The second kappa shape index (κ2) is 5.69. The molecule has 1 aliphatic heterocycles. The quantitative estimate of drug-likeness (QED) is 0.849. The molecule has 0 saturated carbocycles. The molecular weight excluding hydrogens is 292 g/mol. The highest BCUT2D eigenvalue weighted by molar-refractivity contribution is 7.92. The first-order valence-corrected chi connectivity index (χ1v) is 9.01. The first kappa shape index (κ1) is 15.3. The molecule has 1 heterocycles. The molecule has 0 aliphatic carbocycles. The molecule has 0 spiro atoms. The lowest BCUT2D eigenvalue weighted by atomic mass is 10.1. The van der Waals surface area contributed by atoms with Gasteiger partial charge < -0.3 is 4.90 Å². The summed E-state index contributed by atoms with van der Waals surface area (Å²) in [7, 11) is -3.24. The Morgan fingerprint density at radius 1 is 1.45 bits per heavy atom. The van der Waals surface area contributed by atoms with Gasteiger partial charge in [0.05, 0.1) is 11.2 Å². The minimum Gasteiger partial charge on any atom is -0.335 e. The molecule has 0 aromatic heterocycles. The van der Waals surface area contributed by atoms with Crippen LogP contribution >= 0.6 is 12.2 Å². The number of rotatable bonds is 5. The molecule has 20 heavy (non-hydrogen) atoms. The van der Waals surface area contributed by atoms with E-state index in [1.807, 2.05) is 12.1 Å². The van der Waals surface area contributed by atoms with Crippen LogP contribution in [0.1, 0.15) is 25.8 Å². The Kier molecular flexibility index (Phi) is 4.34. The number of anilines is 2. The van der Waals surface area contributed by atoms with Crippen LogP contribution in [0.2, 0.25) is 0 Å². The molecule has 0 saturated heterocycles. The maximum Gasteiger partial charge on any atom is 0.229 e. The fourth-order valence-corrected chi connectivity index (χ4v) is 3.19. The van der Waals surface area contributed by atoms with E-state index in [-0.39, 0.29) is 0 Å². The fourth-order valence-electron chi connectivity index (χ4n) is 2.30. The SMILES string of the molecule is CC[C@H](C)CN1C(=S)Cc2cc(NS(C)(=O)=O)ccc21. The van der Waals surface area contributed by atoms with Crippen molar-refractivity contribution in [1.29, 1.82) is 0 Å². The van der Waals surface area contributed by atoms with Crippen LogP contribution in [-0.4, -0.2) is 26.2 Å². The van der Waals surface area contributed by atoms with Crippen LogP contribution in [0.5, 0.6) is 0 Å². The maximum atomic E-state index is 11.3. The van der Waals surface area contributed by atoms with Crippen molar-refractivity contribution in [1.82, 2.24) is 0 Å². The van der Waals surface area contributed by atoms with Crippen LogP contribution in [0.15, 0.2) is 18.2 Å². The van der Waals surface area contributed by atoms with E-state index in [2.05, 4.69) is 23.5 Å². The van der Waals surface area contributed by atoms with Gasteiger partial charge in [0.15, 0.2) is 0 Å². The summed E-state index contributed by atoms with van der Waals surface area (Å²) >= 11 is 5.45. The molecular formula is C14H20N2O2S2. The molecule has 0 bridgehead atoms. The molecule has 0 unspecified atom stereocenters. The Morgan fingerprint density at radius 2 is 2.15 bits per heavy atom. The monoisotopic (exact) mass is 312 g/mol. The molecule has 1 aliphatic rings. The van der Waals surface area contributed by atoms with Crippen LogP contribution in [0.25, 0.3) is 0 Å². The number of fused-ring (bicyclic) bond motifs is 1. The molecule has 1 aromatic carbocycles. The van der Waals surface area contributed by atoms with Crippen LogP contribution in [-0.2, 0) is 16.4 Å². The highest BCUT2D eigenvalue weighted by atomic mass is 32.2. The maximum absolute atomic E-state index is 11.3. The highest BCUT2D eigenvalue weighted by Gasteiger charge is 2.25. The van der Waals surface area contributed by atoms with Crippen LogP contribution in [0, 0.1) is 5.92 Å². The van der Waals surface area contributed by atoms with Gasteiger partial charge in [-0.15, -0.1) is 0 Å². The lowest BCUT2D eigenvalue weighted by Crippen LogP contribution is -2.29. The average Bonchev–Trinajstić information content (AvgIpc) is 2.63. The van der Waals surface area contributed by atoms with E-state index < -0.39 is 10.0 Å². The molecule has 1 N–H and O–H groups in total. The van der Waals surface area contributed by atoms with Crippen molar-refractivity contribution in [3.63, 3.8) is 0 Å². The molecule has 1 aromatic rings. The zero-order chi connectivity index (χ0) is 14.9. The summed E-state index contributed by atoms with van der Waals surface area (Å²) in [6.07, 6.45) is 2.97. The smallest absolute Gasteiger partial charge is 0.229 e. The van der Waals surface area contributed by atoms with E-state index in [4.69, 9.17) is 12.2 Å². The lowest BCUT2D eigenvalue weighted by molar-refractivity contribution is 0.574. The van der Waals surface area contributed by atoms with Gasteiger partial charge in [-0.05, 0) is 29.7 Å². The van der Waals surface area contributed by atoms with E-state index in [0.29, 0.717) is 18.0 Å². The standard InChI is InChI=1S/C14H20N2O2S2/c1-4-10(2)9-16-13-6-5-12(15-20(3,17)18)7-11(13)8-14(16)19/h5-7,10,15H,4,8-9H2,1-3H3/t10-/m0/s1. The highest BCUT2D eigenvalue weighted by Crippen LogP contribution is 2.33. The molecule has 110 valence electrons. The van der Waals surface area contributed by atoms with Gasteiger partial charge in [-0.25, -0.2) is 8.42 Å². The van der Waals surface area contributed by atoms with Crippen molar-refractivity contribution in [2.75, 3.05) is 22.4 Å². The minimum atomic E-state index is -3.24. The summed E-state index contributed by atoms with van der Waals surface area (Å²) in [5.74, 6) is 0.577. The van der Waals surface area contributed by atoms with Gasteiger partial charge >= 0.3 is 0 Å². The number of nitrogens with one attached hydrogen (secondary N) is 1. The van der Waals surface area contributed by atoms with E-state index in [9.17, 15) is 8.42 Å². The Morgan fingerprint density at radius 3 is 2.75 bits per heavy atom. The number of benzene rings is 1. The predicted molar refractivity (Wildman–Crippen MR) is 88.0 cm³/mol. The van der Waals surface area contributed by atoms with Gasteiger partial charge in [0.2, 0.25) is 10.0 Å². The molecule has 0 fully saturated rings. The van der Waals surface area contributed by atoms with E-state index in [0.717, 1.165) is 35.5 Å². The van der Waals surface area contributed by atoms with Crippen LogP contribution in [0.3, 0.4) is 0 Å². The van der Waals surface area contributed by atoms with Crippen molar-refractivity contribution in [3.8, 4) is 0 Å². The number of sulfonamides is 1. The molecule has 0 radical (unpaired) electrons. The van der Waals surface area contributed by atoms with Crippen molar-refractivity contribution in [3.05, 3.63) is 23.8 Å². The summed E-state index contributed by atoms with van der Waals surface area (Å²) in [4.78, 5) is 3.08. The third-order valence-electron chi connectivity index (χ3n) is 3.51. The zero-order valence-corrected chi connectivity index (χ0v) is 13.6. The van der Waals surface area contributed by atoms with Gasteiger partial charge in [0.25, 0.3) is 0 Å². The summed E-state index contributed by atoms with van der Waals surface area (Å²) in [5.41, 5.74) is 2.79. The third kappa shape index (κ3) is 3.49. The largest absolute Gasteiger partial charge is 0.335 e. The Hall–Kier alpha value is -1.14. The summed E-state index contributed by atoms with van der Waals surface area (Å²) in [6.45, 7) is 5.30.